The number of halogens is 2. The molecule has 3 aromatic rings. The molecule has 232 valence electrons. The lowest BCUT2D eigenvalue weighted by Crippen LogP contribution is -2.45. The van der Waals surface area contributed by atoms with Crippen molar-refractivity contribution in [2.24, 2.45) is 5.10 Å². The molecule has 11 nitrogen and oxygen atoms in total. The number of rotatable bonds is 13. The van der Waals surface area contributed by atoms with E-state index in [0.29, 0.717) is 40.7 Å². The first-order chi connectivity index (χ1) is 21.2. The smallest absolute Gasteiger partial charge is 0.337 e. The van der Waals surface area contributed by atoms with Crippen LogP contribution in [-0.4, -0.2) is 49.9 Å². The van der Waals surface area contributed by atoms with Crippen molar-refractivity contribution in [3.05, 3.63) is 98.9 Å². The third-order valence-electron chi connectivity index (χ3n) is 6.38. The number of amides is 2. The summed E-state index contributed by atoms with van der Waals surface area (Å²) in [7, 11) is 1.27. The van der Waals surface area contributed by atoms with Gasteiger partial charge in [0.2, 0.25) is 0 Å². The summed E-state index contributed by atoms with van der Waals surface area (Å²) < 4.78 is 36.3. The van der Waals surface area contributed by atoms with Gasteiger partial charge in [-0.1, -0.05) is 34.1 Å². The van der Waals surface area contributed by atoms with E-state index in [-0.39, 0.29) is 24.6 Å². The van der Waals surface area contributed by atoms with Crippen LogP contribution in [0.2, 0.25) is 0 Å². The van der Waals surface area contributed by atoms with Crippen LogP contribution in [0, 0.1) is 5.82 Å². The second-order valence-electron chi connectivity index (χ2n) is 9.51. The van der Waals surface area contributed by atoms with Crippen LogP contribution in [0.25, 0.3) is 0 Å². The zero-order chi connectivity index (χ0) is 31.6. The van der Waals surface area contributed by atoms with E-state index in [1.165, 1.54) is 25.5 Å². The zero-order valence-corrected chi connectivity index (χ0v) is 25.8. The maximum atomic E-state index is 13.2. The summed E-state index contributed by atoms with van der Waals surface area (Å²) in [4.78, 5) is 24.6. The highest BCUT2D eigenvalue weighted by molar-refractivity contribution is 9.10. The number of carbonyl (C=O) groups is 2. The first-order valence-electron chi connectivity index (χ1n) is 13.6. The number of nitrogens with zero attached hydrogens (tertiary/aromatic N) is 1. The van der Waals surface area contributed by atoms with Gasteiger partial charge in [-0.05, 0) is 67.4 Å². The molecule has 2 amide bonds. The molecule has 4 rings (SSSR count). The Bertz CT molecular complexity index is 1550. The van der Waals surface area contributed by atoms with Crippen LogP contribution in [0.1, 0.15) is 36.6 Å². The number of carbonyl (C=O) groups excluding carboxylic acids is 2. The van der Waals surface area contributed by atoms with Crippen LogP contribution in [-0.2, 0) is 16.1 Å². The highest BCUT2D eigenvalue weighted by Gasteiger charge is 2.32. The highest BCUT2D eigenvalue weighted by Crippen LogP contribution is 2.35. The van der Waals surface area contributed by atoms with E-state index in [0.717, 1.165) is 10.0 Å². The average Bonchev–Trinajstić information content (AvgIpc) is 3.00. The Labute approximate surface area is 262 Å². The van der Waals surface area contributed by atoms with Gasteiger partial charge in [-0.25, -0.2) is 14.0 Å². The lowest BCUT2D eigenvalue weighted by molar-refractivity contribution is -0.136. The molecule has 1 aliphatic rings. The number of urea groups is 1. The van der Waals surface area contributed by atoms with E-state index < -0.39 is 24.3 Å². The summed E-state index contributed by atoms with van der Waals surface area (Å²) in [6.45, 7) is 3.79. The van der Waals surface area contributed by atoms with E-state index in [2.05, 4.69) is 37.1 Å². The van der Waals surface area contributed by atoms with Crippen molar-refractivity contribution >= 4 is 34.1 Å². The fourth-order valence-electron chi connectivity index (χ4n) is 4.31. The van der Waals surface area contributed by atoms with Crippen molar-refractivity contribution < 1.29 is 38.0 Å². The van der Waals surface area contributed by atoms with Gasteiger partial charge in [0.15, 0.2) is 17.7 Å². The molecule has 1 aliphatic heterocycles. The van der Waals surface area contributed by atoms with Crippen LogP contribution in [0.5, 0.6) is 17.2 Å². The molecule has 0 aromatic heterocycles. The molecule has 0 fully saturated rings. The van der Waals surface area contributed by atoms with E-state index in [1.54, 1.807) is 56.3 Å². The maximum Gasteiger partial charge on any atom is 0.337 e. The number of benzene rings is 3. The Morgan fingerprint density at radius 3 is 2.57 bits per heavy atom. The Morgan fingerprint density at radius 2 is 1.84 bits per heavy atom. The van der Waals surface area contributed by atoms with Gasteiger partial charge < -0.3 is 34.7 Å². The van der Waals surface area contributed by atoms with Gasteiger partial charge in [0, 0.05) is 15.7 Å². The molecule has 4 N–H and O–H groups in total. The van der Waals surface area contributed by atoms with Crippen LogP contribution >= 0.6 is 15.9 Å². The third kappa shape index (κ3) is 8.48. The number of methoxy groups -OCH3 is 1. The predicted molar refractivity (Wildman–Crippen MR) is 164 cm³/mol. The van der Waals surface area contributed by atoms with Gasteiger partial charge in [0.05, 0.1) is 31.5 Å². The summed E-state index contributed by atoms with van der Waals surface area (Å²) in [6, 6.07) is 15.2. The van der Waals surface area contributed by atoms with Crippen molar-refractivity contribution in [1.29, 1.82) is 0 Å². The number of hydrogen-bond donors (Lipinski definition) is 4. The number of esters is 1. The Kier molecular flexibility index (Phi) is 11.2. The summed E-state index contributed by atoms with van der Waals surface area (Å²) in [5.74, 6) is 0.332. The number of aliphatic hydroxyl groups is 1. The van der Waals surface area contributed by atoms with Gasteiger partial charge in [-0.15, -0.1) is 0 Å². The minimum Gasteiger partial charge on any atom is -0.490 e. The molecule has 44 heavy (non-hydrogen) atoms. The molecular formula is C31H32BrFN4O7. The highest BCUT2D eigenvalue weighted by atomic mass is 79.9. The largest absolute Gasteiger partial charge is 0.490 e. The average molecular weight is 672 g/mol. The van der Waals surface area contributed by atoms with Crippen LogP contribution in [0.15, 0.2) is 81.5 Å². The minimum atomic E-state index is -1.18. The molecule has 3 aromatic carbocycles. The predicted octanol–water partition coefficient (Wildman–Crippen LogP) is 4.69. The van der Waals surface area contributed by atoms with Crippen LogP contribution in [0.3, 0.4) is 0 Å². The van der Waals surface area contributed by atoms with Gasteiger partial charge in [-0.3, -0.25) is 5.43 Å². The van der Waals surface area contributed by atoms with Crippen molar-refractivity contribution in [3.63, 3.8) is 0 Å². The van der Waals surface area contributed by atoms with E-state index >= 15 is 0 Å². The molecule has 2 atom stereocenters. The lowest BCUT2D eigenvalue weighted by Gasteiger charge is -2.28. The number of hydrazone groups is 1. The molecule has 0 radical (unpaired) electrons. The summed E-state index contributed by atoms with van der Waals surface area (Å²) in [5.41, 5.74) is 5.27. The second-order valence-corrected chi connectivity index (χ2v) is 10.4. The molecule has 0 bridgehead atoms. The summed E-state index contributed by atoms with van der Waals surface area (Å²) in [5, 5.41) is 19.9. The normalized spacial score (nSPS) is 15.3. The van der Waals surface area contributed by atoms with Crippen molar-refractivity contribution in [1.82, 2.24) is 16.1 Å². The molecule has 1 heterocycles. The van der Waals surface area contributed by atoms with Crippen LogP contribution in [0.4, 0.5) is 9.18 Å². The minimum absolute atomic E-state index is 0.181. The SMILES string of the molecule is CCOc1cc([C@@H]2NC(=O)NC(C)=C2C(=O)OC)ccc1OC[C@@H](O)N/N=C\c1cc(Br)ccc1OCc1ccc(F)cc1. The number of hydrogen-bond acceptors (Lipinski definition) is 9. The molecular weight excluding hydrogens is 639 g/mol. The molecule has 13 heteroatoms. The van der Waals surface area contributed by atoms with E-state index in [9.17, 15) is 19.1 Å². The van der Waals surface area contributed by atoms with Crippen molar-refractivity contribution in [2.75, 3.05) is 20.3 Å². The first-order valence-corrected chi connectivity index (χ1v) is 14.4. The monoisotopic (exact) mass is 670 g/mol. The van der Waals surface area contributed by atoms with E-state index in [1.807, 2.05) is 6.07 Å². The molecule has 0 unspecified atom stereocenters. The Morgan fingerprint density at radius 1 is 1.09 bits per heavy atom. The molecule has 0 saturated heterocycles. The standard InChI is InChI=1S/C31H32BrFN4O7/c1-4-42-26-14-20(29-28(30(39)41-3)18(2)35-31(40)36-29)7-11-25(26)44-17-27(38)37-34-15-21-13-22(32)8-12-24(21)43-16-19-5-9-23(33)10-6-19/h5-15,27,29,37-38H,4,16-17H2,1-3H3,(H2,35,36,40)/b34-15-/t27-,29+/m1/s1. The first kappa shape index (κ1) is 32.3. The fraction of sp³-hybridized carbons (Fsp3) is 0.258. The number of ether oxygens (including phenoxy) is 4. The Balaban J connectivity index is 1.40. The number of nitrogens with one attached hydrogen (secondary N) is 3. The van der Waals surface area contributed by atoms with Gasteiger partial charge in [0.1, 0.15) is 24.8 Å². The number of allylic oxidation sites excluding steroid dienone is 1. The summed E-state index contributed by atoms with van der Waals surface area (Å²) >= 11 is 3.43. The molecule has 0 aliphatic carbocycles. The summed E-state index contributed by atoms with van der Waals surface area (Å²) in [6.07, 6.45) is 0.312. The molecule has 0 saturated carbocycles. The molecule has 0 spiro atoms. The second kappa shape index (κ2) is 15.2. The van der Waals surface area contributed by atoms with Gasteiger partial charge >= 0.3 is 12.0 Å². The van der Waals surface area contributed by atoms with Gasteiger partial charge in [-0.2, -0.15) is 5.10 Å². The zero-order valence-electron chi connectivity index (χ0n) is 24.2. The topological polar surface area (TPSA) is 140 Å². The van der Waals surface area contributed by atoms with E-state index in [4.69, 9.17) is 18.9 Å². The van der Waals surface area contributed by atoms with Gasteiger partial charge in [0.25, 0.3) is 0 Å². The van der Waals surface area contributed by atoms with Crippen molar-refractivity contribution in [3.8, 4) is 17.2 Å². The third-order valence-corrected chi connectivity index (χ3v) is 6.87. The van der Waals surface area contributed by atoms with Crippen molar-refractivity contribution in [2.45, 2.75) is 32.7 Å². The quantitative estimate of drug-likeness (QED) is 0.0889. The maximum absolute atomic E-state index is 13.2. The lowest BCUT2D eigenvalue weighted by atomic mass is 9.95. The number of aliphatic hydroxyl groups excluding tert-OH is 1. The Hall–Kier alpha value is -4.62. The fourth-order valence-corrected chi connectivity index (χ4v) is 4.69. The van der Waals surface area contributed by atoms with Crippen LogP contribution < -0.4 is 30.3 Å².